The van der Waals surface area contributed by atoms with E-state index in [1.165, 1.54) is 0 Å². The van der Waals surface area contributed by atoms with Gasteiger partial charge in [-0.3, -0.25) is 0 Å². The number of fused-ring (bicyclic) bond motifs is 1. The molecule has 0 aliphatic heterocycles. The molecule has 1 aromatic heterocycles. The van der Waals surface area contributed by atoms with Crippen LogP contribution in [0.1, 0.15) is 19.4 Å². The number of hydrogen-bond donors (Lipinski definition) is 0. The van der Waals surface area contributed by atoms with Gasteiger partial charge in [0.2, 0.25) is 0 Å². The normalized spacial score (nSPS) is 10.8. The van der Waals surface area contributed by atoms with Crippen molar-refractivity contribution in [1.82, 2.24) is 4.98 Å². The number of aryl methyl sites for hydroxylation is 1. The van der Waals surface area contributed by atoms with Crippen molar-refractivity contribution in [2.45, 2.75) is 20.8 Å². The standard InChI is InChI=1S/C13H16N2O2/c1-4-15(5-2)13-14-10-8-6-7-9(3)11(10)12(16)17-13/h6-8H,4-5H2,1-3H3. The van der Waals surface area contributed by atoms with Crippen molar-refractivity contribution in [3.63, 3.8) is 0 Å². The number of nitrogens with zero attached hydrogens (tertiary/aromatic N) is 2. The van der Waals surface area contributed by atoms with Crippen molar-refractivity contribution >= 4 is 16.9 Å². The highest BCUT2D eigenvalue weighted by atomic mass is 16.4. The summed E-state index contributed by atoms with van der Waals surface area (Å²) in [6, 6.07) is 6.03. The number of anilines is 1. The SMILES string of the molecule is CCN(CC)c1nc2cccc(C)c2c(=O)o1. The van der Waals surface area contributed by atoms with Crippen LogP contribution in [0.25, 0.3) is 10.9 Å². The second kappa shape index (κ2) is 4.57. The molecule has 2 rings (SSSR count). The van der Waals surface area contributed by atoms with E-state index in [1.807, 2.05) is 43.9 Å². The van der Waals surface area contributed by atoms with E-state index >= 15 is 0 Å². The monoisotopic (exact) mass is 232 g/mol. The second-order valence-corrected chi connectivity index (χ2v) is 3.93. The van der Waals surface area contributed by atoms with Crippen LogP contribution in [0, 0.1) is 6.92 Å². The zero-order valence-corrected chi connectivity index (χ0v) is 10.4. The summed E-state index contributed by atoms with van der Waals surface area (Å²) in [4.78, 5) is 18.2. The van der Waals surface area contributed by atoms with E-state index in [0.717, 1.165) is 18.7 Å². The lowest BCUT2D eigenvalue weighted by molar-refractivity contribution is 0.490. The van der Waals surface area contributed by atoms with Gasteiger partial charge in [-0.05, 0) is 32.4 Å². The third kappa shape index (κ3) is 2.02. The Balaban J connectivity index is 2.68. The Morgan fingerprint density at radius 3 is 2.65 bits per heavy atom. The summed E-state index contributed by atoms with van der Waals surface area (Å²) in [5.41, 5.74) is 1.29. The van der Waals surface area contributed by atoms with E-state index in [1.54, 1.807) is 0 Å². The molecule has 1 aromatic carbocycles. The average molecular weight is 232 g/mol. The fourth-order valence-electron chi connectivity index (χ4n) is 1.90. The van der Waals surface area contributed by atoms with Crippen molar-refractivity contribution in [2.75, 3.05) is 18.0 Å². The molecule has 0 N–H and O–H groups in total. The van der Waals surface area contributed by atoms with Gasteiger partial charge in [-0.2, -0.15) is 4.98 Å². The highest BCUT2D eigenvalue weighted by Gasteiger charge is 2.11. The third-order valence-electron chi connectivity index (χ3n) is 2.89. The van der Waals surface area contributed by atoms with Crippen LogP contribution >= 0.6 is 0 Å². The highest BCUT2D eigenvalue weighted by molar-refractivity contribution is 5.81. The predicted octanol–water partition coefficient (Wildman–Crippen LogP) is 2.34. The van der Waals surface area contributed by atoms with E-state index < -0.39 is 0 Å². The Morgan fingerprint density at radius 2 is 2.00 bits per heavy atom. The zero-order chi connectivity index (χ0) is 12.4. The molecule has 0 unspecified atom stereocenters. The maximum Gasteiger partial charge on any atom is 0.348 e. The van der Waals surface area contributed by atoms with Crippen LogP contribution < -0.4 is 10.5 Å². The first-order valence-electron chi connectivity index (χ1n) is 5.82. The average Bonchev–Trinajstić information content (AvgIpc) is 2.30. The van der Waals surface area contributed by atoms with Crippen molar-refractivity contribution in [2.24, 2.45) is 0 Å². The molecule has 0 saturated carbocycles. The van der Waals surface area contributed by atoms with Gasteiger partial charge in [-0.1, -0.05) is 12.1 Å². The van der Waals surface area contributed by atoms with E-state index in [-0.39, 0.29) is 5.63 Å². The molecule has 0 atom stereocenters. The van der Waals surface area contributed by atoms with Crippen LogP contribution in [0.4, 0.5) is 6.01 Å². The Kier molecular flexibility index (Phi) is 3.13. The predicted molar refractivity (Wildman–Crippen MR) is 68.6 cm³/mol. The molecule has 0 radical (unpaired) electrons. The van der Waals surface area contributed by atoms with Gasteiger partial charge >= 0.3 is 11.6 Å². The second-order valence-electron chi connectivity index (χ2n) is 3.93. The molecule has 0 aliphatic rings. The maximum absolute atomic E-state index is 11.9. The van der Waals surface area contributed by atoms with Gasteiger partial charge in [0.15, 0.2) is 0 Å². The van der Waals surface area contributed by atoms with Crippen LogP contribution in [-0.4, -0.2) is 18.1 Å². The highest BCUT2D eigenvalue weighted by Crippen LogP contribution is 2.16. The molecule has 0 aliphatic carbocycles. The Labute approximate surface area is 99.9 Å². The van der Waals surface area contributed by atoms with Gasteiger partial charge in [0.1, 0.15) is 0 Å². The smallest absolute Gasteiger partial charge is 0.348 e. The first-order valence-corrected chi connectivity index (χ1v) is 5.82. The molecule has 0 spiro atoms. The molecule has 17 heavy (non-hydrogen) atoms. The van der Waals surface area contributed by atoms with Crippen LogP contribution in [0.2, 0.25) is 0 Å². The molecule has 90 valence electrons. The van der Waals surface area contributed by atoms with Gasteiger partial charge in [-0.15, -0.1) is 0 Å². The molecule has 0 amide bonds. The Bertz CT molecular complexity index is 585. The lowest BCUT2D eigenvalue weighted by Gasteiger charge is -2.17. The largest absolute Gasteiger partial charge is 0.389 e. The lowest BCUT2D eigenvalue weighted by atomic mass is 10.1. The van der Waals surface area contributed by atoms with E-state index in [9.17, 15) is 4.79 Å². The van der Waals surface area contributed by atoms with Gasteiger partial charge in [-0.25, -0.2) is 4.79 Å². The molecule has 0 fully saturated rings. The first-order chi connectivity index (χ1) is 8.17. The topological polar surface area (TPSA) is 46.3 Å². The minimum absolute atomic E-state index is 0.310. The lowest BCUT2D eigenvalue weighted by Crippen LogP contribution is -2.24. The van der Waals surface area contributed by atoms with Crippen LogP contribution in [0.15, 0.2) is 27.4 Å². The van der Waals surface area contributed by atoms with Crippen LogP contribution in [-0.2, 0) is 0 Å². The van der Waals surface area contributed by atoms with Gasteiger partial charge < -0.3 is 9.32 Å². The number of benzene rings is 1. The summed E-state index contributed by atoms with van der Waals surface area (Å²) in [5.74, 6) is 0. The van der Waals surface area contributed by atoms with Crippen LogP contribution in [0.5, 0.6) is 0 Å². The number of aromatic nitrogens is 1. The Hall–Kier alpha value is -1.84. The van der Waals surface area contributed by atoms with Crippen LogP contribution in [0.3, 0.4) is 0 Å². The van der Waals surface area contributed by atoms with Crippen molar-refractivity contribution in [3.05, 3.63) is 34.2 Å². The van der Waals surface area contributed by atoms with Crippen molar-refractivity contribution < 1.29 is 4.42 Å². The van der Waals surface area contributed by atoms with E-state index in [0.29, 0.717) is 16.9 Å². The summed E-state index contributed by atoms with van der Waals surface area (Å²) in [6.07, 6.45) is 0. The zero-order valence-electron chi connectivity index (χ0n) is 10.4. The fraction of sp³-hybridized carbons (Fsp3) is 0.385. The molecule has 2 aromatic rings. The third-order valence-corrected chi connectivity index (χ3v) is 2.89. The molecular formula is C13H16N2O2. The van der Waals surface area contributed by atoms with E-state index in [2.05, 4.69) is 4.98 Å². The number of rotatable bonds is 3. The summed E-state index contributed by atoms with van der Waals surface area (Å²) in [5, 5.41) is 0.573. The summed E-state index contributed by atoms with van der Waals surface area (Å²) in [7, 11) is 0. The molecular weight excluding hydrogens is 216 g/mol. The molecule has 4 nitrogen and oxygen atoms in total. The Morgan fingerprint density at radius 1 is 1.29 bits per heavy atom. The molecule has 0 bridgehead atoms. The van der Waals surface area contributed by atoms with E-state index in [4.69, 9.17) is 4.42 Å². The molecule has 0 saturated heterocycles. The fourth-order valence-corrected chi connectivity index (χ4v) is 1.90. The summed E-state index contributed by atoms with van der Waals surface area (Å²) < 4.78 is 5.27. The summed E-state index contributed by atoms with van der Waals surface area (Å²) in [6.45, 7) is 7.43. The minimum Gasteiger partial charge on any atom is -0.389 e. The molecule has 4 heteroatoms. The van der Waals surface area contributed by atoms with Crippen molar-refractivity contribution in [3.8, 4) is 0 Å². The van der Waals surface area contributed by atoms with Gasteiger partial charge in [0, 0.05) is 13.1 Å². The number of hydrogen-bond acceptors (Lipinski definition) is 4. The first kappa shape index (κ1) is 11.6. The van der Waals surface area contributed by atoms with Crippen molar-refractivity contribution in [1.29, 1.82) is 0 Å². The summed E-state index contributed by atoms with van der Waals surface area (Å²) >= 11 is 0. The maximum atomic E-state index is 11.9. The molecule has 1 heterocycles. The van der Waals surface area contributed by atoms with Gasteiger partial charge in [0.05, 0.1) is 10.9 Å². The quantitative estimate of drug-likeness (QED) is 0.815. The van der Waals surface area contributed by atoms with Gasteiger partial charge in [0.25, 0.3) is 0 Å². The minimum atomic E-state index is -0.310.